The number of likely N-dealkylation sites (tertiary alicyclic amines) is 1. The van der Waals surface area contributed by atoms with E-state index in [9.17, 15) is 4.79 Å². The Morgan fingerprint density at radius 2 is 2.39 bits per heavy atom. The van der Waals surface area contributed by atoms with E-state index in [1.807, 2.05) is 9.47 Å². The van der Waals surface area contributed by atoms with Crippen molar-refractivity contribution >= 4 is 6.03 Å². The van der Waals surface area contributed by atoms with E-state index < -0.39 is 0 Å². The maximum absolute atomic E-state index is 12.4. The largest absolute Gasteiger partial charge is 0.340 e. The molecule has 8 nitrogen and oxygen atoms in total. The molecule has 1 saturated heterocycles. The van der Waals surface area contributed by atoms with E-state index in [0.29, 0.717) is 24.8 Å². The number of carbonyl (C=O) groups is 1. The Labute approximate surface area is 134 Å². The zero-order chi connectivity index (χ0) is 16.2. The zero-order valence-corrected chi connectivity index (χ0v) is 13.5. The first-order chi connectivity index (χ1) is 11.2. The Morgan fingerprint density at radius 1 is 1.52 bits per heavy atom. The van der Waals surface area contributed by atoms with E-state index in [4.69, 9.17) is 4.52 Å². The lowest BCUT2D eigenvalue weighted by molar-refractivity contribution is 0.177. The highest BCUT2D eigenvalue weighted by Gasteiger charge is 2.27. The molecule has 0 aromatic carbocycles. The van der Waals surface area contributed by atoms with E-state index in [1.54, 1.807) is 19.4 Å². The molecule has 2 aromatic rings. The van der Waals surface area contributed by atoms with Crippen molar-refractivity contribution in [3.05, 3.63) is 29.9 Å². The minimum Gasteiger partial charge on any atom is -0.340 e. The number of aryl methyl sites for hydroxylation is 2. The summed E-state index contributed by atoms with van der Waals surface area (Å²) in [6, 6.07) is -0.0567. The van der Waals surface area contributed by atoms with Crippen molar-refractivity contribution in [1.82, 2.24) is 29.9 Å². The molecule has 8 heteroatoms. The zero-order valence-electron chi connectivity index (χ0n) is 13.5. The summed E-state index contributed by atoms with van der Waals surface area (Å²) >= 11 is 0. The number of hydrogen-bond acceptors (Lipinski definition) is 5. The van der Waals surface area contributed by atoms with Gasteiger partial charge in [-0.1, -0.05) is 5.16 Å². The van der Waals surface area contributed by atoms with Crippen LogP contribution in [0.4, 0.5) is 4.79 Å². The van der Waals surface area contributed by atoms with Crippen molar-refractivity contribution in [2.75, 3.05) is 13.1 Å². The van der Waals surface area contributed by atoms with E-state index in [-0.39, 0.29) is 11.9 Å². The van der Waals surface area contributed by atoms with E-state index in [1.165, 1.54) is 0 Å². The molecule has 3 rings (SSSR count). The van der Waals surface area contributed by atoms with Gasteiger partial charge in [0.25, 0.3) is 0 Å². The fourth-order valence-corrected chi connectivity index (χ4v) is 2.91. The van der Waals surface area contributed by atoms with Crippen molar-refractivity contribution in [3.63, 3.8) is 0 Å². The molecule has 2 amide bonds. The van der Waals surface area contributed by atoms with Crippen LogP contribution in [0.3, 0.4) is 0 Å². The molecule has 1 aliphatic rings. The van der Waals surface area contributed by atoms with Gasteiger partial charge in [0.15, 0.2) is 5.82 Å². The van der Waals surface area contributed by atoms with Gasteiger partial charge in [0.05, 0.1) is 18.6 Å². The highest BCUT2D eigenvalue weighted by Crippen LogP contribution is 2.24. The fourth-order valence-electron chi connectivity index (χ4n) is 2.91. The van der Waals surface area contributed by atoms with Gasteiger partial charge in [0, 0.05) is 38.7 Å². The number of amides is 2. The van der Waals surface area contributed by atoms with Crippen LogP contribution in [0.2, 0.25) is 0 Å². The Balaban J connectivity index is 1.57. The average molecular weight is 318 g/mol. The van der Waals surface area contributed by atoms with Gasteiger partial charge in [-0.25, -0.2) is 9.78 Å². The summed E-state index contributed by atoms with van der Waals surface area (Å²) in [4.78, 5) is 22.6. The second-order valence-electron chi connectivity index (χ2n) is 5.79. The summed E-state index contributed by atoms with van der Waals surface area (Å²) < 4.78 is 7.06. The lowest BCUT2D eigenvalue weighted by atomic mass is 9.98. The molecule has 0 unspecified atom stereocenters. The summed E-state index contributed by atoms with van der Waals surface area (Å²) in [5.41, 5.74) is 1.00. The van der Waals surface area contributed by atoms with Gasteiger partial charge < -0.3 is 19.3 Å². The number of aromatic nitrogens is 4. The minimum atomic E-state index is -0.0567. The lowest BCUT2D eigenvalue weighted by Gasteiger charge is -2.31. The minimum absolute atomic E-state index is 0.0567. The molecule has 1 atom stereocenters. The third kappa shape index (κ3) is 3.52. The molecule has 0 radical (unpaired) electrons. The van der Waals surface area contributed by atoms with E-state index in [0.717, 1.165) is 31.6 Å². The highest BCUT2D eigenvalue weighted by atomic mass is 16.5. The second kappa shape index (κ2) is 6.80. The monoisotopic (exact) mass is 318 g/mol. The first-order valence-electron chi connectivity index (χ1n) is 7.99. The molecule has 23 heavy (non-hydrogen) atoms. The number of hydrogen-bond donors (Lipinski definition) is 1. The summed E-state index contributed by atoms with van der Waals surface area (Å²) in [6.45, 7) is 6.53. The van der Waals surface area contributed by atoms with Crippen LogP contribution >= 0.6 is 0 Å². The van der Waals surface area contributed by atoms with Crippen LogP contribution in [-0.4, -0.2) is 43.7 Å². The van der Waals surface area contributed by atoms with Crippen LogP contribution in [0.1, 0.15) is 43.1 Å². The van der Waals surface area contributed by atoms with Crippen molar-refractivity contribution in [2.45, 2.75) is 45.7 Å². The van der Waals surface area contributed by atoms with Gasteiger partial charge >= 0.3 is 6.03 Å². The molecule has 0 aliphatic carbocycles. The van der Waals surface area contributed by atoms with Crippen LogP contribution < -0.4 is 5.32 Å². The number of rotatable bonds is 4. The summed E-state index contributed by atoms with van der Waals surface area (Å²) in [7, 11) is 0. The molecule has 0 bridgehead atoms. The predicted molar refractivity (Wildman–Crippen MR) is 82.7 cm³/mol. The molecule has 3 heterocycles. The maximum atomic E-state index is 12.4. The molecule has 2 aromatic heterocycles. The van der Waals surface area contributed by atoms with Gasteiger partial charge in [0.2, 0.25) is 5.89 Å². The first-order valence-corrected chi connectivity index (χ1v) is 7.99. The average Bonchev–Trinajstić information content (AvgIpc) is 3.21. The van der Waals surface area contributed by atoms with Crippen LogP contribution in [0.5, 0.6) is 0 Å². The van der Waals surface area contributed by atoms with Crippen molar-refractivity contribution in [1.29, 1.82) is 0 Å². The molecule has 1 aliphatic heterocycles. The molecule has 124 valence electrons. The SMILES string of the molecule is CCn1cncc1CNC(=O)N1CCC[C@H](c2noc(C)n2)C1. The Morgan fingerprint density at radius 3 is 3.13 bits per heavy atom. The predicted octanol–water partition coefficient (Wildman–Crippen LogP) is 1.68. The topological polar surface area (TPSA) is 89.1 Å². The van der Waals surface area contributed by atoms with Crippen molar-refractivity contribution in [2.24, 2.45) is 0 Å². The van der Waals surface area contributed by atoms with Crippen LogP contribution in [0.25, 0.3) is 0 Å². The molecule has 1 fully saturated rings. The van der Waals surface area contributed by atoms with Crippen molar-refractivity contribution in [3.8, 4) is 0 Å². The molecule has 1 N–H and O–H groups in total. The maximum Gasteiger partial charge on any atom is 0.317 e. The van der Waals surface area contributed by atoms with Gasteiger partial charge in [-0.05, 0) is 19.8 Å². The van der Waals surface area contributed by atoms with Gasteiger partial charge in [0.1, 0.15) is 0 Å². The second-order valence-corrected chi connectivity index (χ2v) is 5.79. The summed E-state index contributed by atoms with van der Waals surface area (Å²) in [5.74, 6) is 1.41. The highest BCUT2D eigenvalue weighted by molar-refractivity contribution is 5.74. The molecule has 0 spiro atoms. The smallest absolute Gasteiger partial charge is 0.317 e. The standard InChI is InChI=1S/C15H22N6O2/c1-3-20-10-16-7-13(20)8-17-15(22)21-6-4-5-12(9-21)14-18-11(2)23-19-14/h7,10,12H,3-6,8-9H2,1-2H3,(H,17,22)/t12-/m0/s1. The third-order valence-electron chi connectivity index (χ3n) is 4.18. The number of nitrogens with one attached hydrogen (secondary N) is 1. The number of imidazole rings is 1. The Hall–Kier alpha value is -2.38. The Kier molecular flexibility index (Phi) is 4.59. The fraction of sp³-hybridized carbons (Fsp3) is 0.600. The van der Waals surface area contributed by atoms with E-state index in [2.05, 4.69) is 27.4 Å². The van der Waals surface area contributed by atoms with Crippen molar-refractivity contribution < 1.29 is 9.32 Å². The number of urea groups is 1. The van der Waals surface area contributed by atoms with Crippen LogP contribution in [0, 0.1) is 6.92 Å². The van der Waals surface area contributed by atoms with Crippen LogP contribution in [0.15, 0.2) is 17.0 Å². The van der Waals surface area contributed by atoms with Crippen LogP contribution in [-0.2, 0) is 13.1 Å². The molecule has 0 saturated carbocycles. The molecular formula is C15H22N6O2. The van der Waals surface area contributed by atoms with E-state index >= 15 is 0 Å². The first kappa shape index (κ1) is 15.5. The number of piperidine rings is 1. The Bertz CT molecular complexity index is 664. The van der Waals surface area contributed by atoms with Gasteiger partial charge in [-0.2, -0.15) is 4.98 Å². The molecular weight excluding hydrogens is 296 g/mol. The summed E-state index contributed by atoms with van der Waals surface area (Å²) in [5, 5.41) is 6.96. The lowest BCUT2D eigenvalue weighted by Crippen LogP contribution is -2.45. The number of carbonyl (C=O) groups excluding carboxylic acids is 1. The third-order valence-corrected chi connectivity index (χ3v) is 4.18. The van der Waals surface area contributed by atoms with Gasteiger partial charge in [-0.15, -0.1) is 0 Å². The number of nitrogens with zero attached hydrogens (tertiary/aromatic N) is 5. The van der Waals surface area contributed by atoms with Gasteiger partial charge in [-0.3, -0.25) is 0 Å². The quantitative estimate of drug-likeness (QED) is 0.926. The normalized spacial score (nSPS) is 18.2. The summed E-state index contributed by atoms with van der Waals surface area (Å²) in [6.07, 6.45) is 5.48.